The topological polar surface area (TPSA) is 3.24 Å². The third-order valence-electron chi connectivity index (χ3n) is 3.90. The van der Waals surface area contributed by atoms with Crippen molar-refractivity contribution < 1.29 is 13.2 Å². The van der Waals surface area contributed by atoms with E-state index in [1.807, 2.05) is 0 Å². The lowest BCUT2D eigenvalue weighted by atomic mass is 9.86. The lowest BCUT2D eigenvalue weighted by Gasteiger charge is -2.33. The van der Waals surface area contributed by atoms with E-state index in [1.54, 1.807) is 12.1 Å². The van der Waals surface area contributed by atoms with Gasteiger partial charge in [-0.3, -0.25) is 0 Å². The number of likely N-dealkylation sites (tertiary alicyclic amines) is 1. The molecule has 1 aliphatic rings. The highest BCUT2D eigenvalue weighted by molar-refractivity contribution is 6.31. The van der Waals surface area contributed by atoms with Crippen molar-refractivity contribution in [2.75, 3.05) is 19.6 Å². The first-order chi connectivity index (χ1) is 9.43. The van der Waals surface area contributed by atoms with Crippen molar-refractivity contribution in [3.63, 3.8) is 0 Å². The summed E-state index contributed by atoms with van der Waals surface area (Å²) in [6, 6.07) is 4.51. The van der Waals surface area contributed by atoms with Gasteiger partial charge < -0.3 is 4.90 Å². The van der Waals surface area contributed by atoms with Gasteiger partial charge in [-0.2, -0.15) is 13.2 Å². The zero-order chi connectivity index (χ0) is 14.8. The van der Waals surface area contributed by atoms with Crippen molar-refractivity contribution in [1.82, 2.24) is 4.90 Å². The van der Waals surface area contributed by atoms with Crippen LogP contribution >= 0.6 is 11.6 Å². The predicted octanol–water partition coefficient (Wildman–Crippen LogP) is 4.95. The molecule has 1 heterocycles. The standard InChI is InChI=1S/C15H19ClF3N/c1-2-8-20-9-6-11(7-10-20)12-4-3-5-13(16)14(12)15(17,18)19/h3-5,11H,2,6-10H2,1H3. The first-order valence-electron chi connectivity index (χ1n) is 7.01. The van der Waals surface area contributed by atoms with E-state index in [0.717, 1.165) is 38.9 Å². The van der Waals surface area contributed by atoms with E-state index >= 15 is 0 Å². The summed E-state index contributed by atoms with van der Waals surface area (Å²) in [5.41, 5.74) is -0.281. The number of hydrogen-bond donors (Lipinski definition) is 0. The number of rotatable bonds is 3. The molecule has 1 fully saturated rings. The molecule has 20 heavy (non-hydrogen) atoms. The van der Waals surface area contributed by atoms with Crippen molar-refractivity contribution in [2.45, 2.75) is 38.3 Å². The summed E-state index contributed by atoms with van der Waals surface area (Å²) in [4.78, 5) is 2.31. The Hall–Kier alpha value is -0.740. The summed E-state index contributed by atoms with van der Waals surface area (Å²) in [5, 5.41) is -0.189. The number of piperidine rings is 1. The maximum absolute atomic E-state index is 13.2. The Morgan fingerprint density at radius 3 is 2.45 bits per heavy atom. The van der Waals surface area contributed by atoms with Crippen LogP contribution in [0.15, 0.2) is 18.2 Å². The molecule has 0 aliphatic carbocycles. The maximum atomic E-state index is 13.2. The van der Waals surface area contributed by atoms with Gasteiger partial charge >= 0.3 is 6.18 Å². The van der Waals surface area contributed by atoms with Crippen molar-refractivity contribution in [2.24, 2.45) is 0 Å². The van der Waals surface area contributed by atoms with Gasteiger partial charge in [0.05, 0.1) is 10.6 Å². The van der Waals surface area contributed by atoms with Gasteiger partial charge in [0.2, 0.25) is 0 Å². The molecule has 2 rings (SSSR count). The second-order valence-corrected chi connectivity index (χ2v) is 5.72. The fraction of sp³-hybridized carbons (Fsp3) is 0.600. The lowest BCUT2D eigenvalue weighted by Crippen LogP contribution is -2.34. The van der Waals surface area contributed by atoms with E-state index in [1.165, 1.54) is 6.07 Å². The number of nitrogens with zero attached hydrogens (tertiary/aromatic N) is 1. The van der Waals surface area contributed by atoms with Crippen LogP contribution in [-0.4, -0.2) is 24.5 Å². The SMILES string of the molecule is CCCN1CCC(c2cccc(Cl)c2C(F)(F)F)CC1. The molecule has 112 valence electrons. The second kappa shape index (κ2) is 6.35. The molecule has 1 aliphatic heterocycles. The Balaban J connectivity index is 2.20. The van der Waals surface area contributed by atoms with Crippen LogP contribution in [0.4, 0.5) is 13.2 Å². The molecule has 5 heteroatoms. The molecular weight excluding hydrogens is 287 g/mol. The minimum Gasteiger partial charge on any atom is -0.303 e. The quantitative estimate of drug-likeness (QED) is 0.764. The molecule has 1 nitrogen and oxygen atoms in total. The van der Waals surface area contributed by atoms with E-state index in [-0.39, 0.29) is 10.9 Å². The Morgan fingerprint density at radius 2 is 1.90 bits per heavy atom. The van der Waals surface area contributed by atoms with E-state index in [0.29, 0.717) is 5.56 Å². The van der Waals surface area contributed by atoms with Gasteiger partial charge in [-0.15, -0.1) is 0 Å². The fourth-order valence-electron chi connectivity index (χ4n) is 2.96. The van der Waals surface area contributed by atoms with Crippen molar-refractivity contribution in [3.05, 3.63) is 34.3 Å². The molecule has 0 atom stereocenters. The van der Waals surface area contributed by atoms with Crippen LogP contribution in [0.5, 0.6) is 0 Å². The van der Waals surface area contributed by atoms with Gasteiger partial charge in [-0.25, -0.2) is 0 Å². The third kappa shape index (κ3) is 3.47. The molecule has 1 aromatic carbocycles. The van der Waals surface area contributed by atoms with Crippen LogP contribution in [-0.2, 0) is 6.18 Å². The molecule has 0 aromatic heterocycles. The molecule has 0 unspecified atom stereocenters. The highest BCUT2D eigenvalue weighted by Gasteiger charge is 2.38. The summed E-state index contributed by atoms with van der Waals surface area (Å²) in [5.74, 6) is -0.0431. The number of benzene rings is 1. The van der Waals surface area contributed by atoms with E-state index < -0.39 is 11.7 Å². The molecule has 0 saturated carbocycles. The van der Waals surface area contributed by atoms with Gasteiger partial charge in [0.15, 0.2) is 0 Å². The van der Waals surface area contributed by atoms with Gasteiger partial charge in [0.25, 0.3) is 0 Å². The van der Waals surface area contributed by atoms with Gasteiger partial charge in [0.1, 0.15) is 0 Å². The van der Waals surface area contributed by atoms with E-state index in [9.17, 15) is 13.2 Å². The molecular formula is C15H19ClF3N. The molecule has 0 amide bonds. The lowest BCUT2D eigenvalue weighted by molar-refractivity contribution is -0.138. The van der Waals surface area contributed by atoms with Gasteiger partial charge in [0, 0.05) is 0 Å². The zero-order valence-corrected chi connectivity index (χ0v) is 12.3. The van der Waals surface area contributed by atoms with Crippen LogP contribution in [0.3, 0.4) is 0 Å². The largest absolute Gasteiger partial charge is 0.418 e. The number of alkyl halides is 3. The molecule has 0 N–H and O–H groups in total. The van der Waals surface area contributed by atoms with E-state index in [2.05, 4.69) is 11.8 Å². The first-order valence-corrected chi connectivity index (χ1v) is 7.39. The average Bonchev–Trinajstić information content (AvgIpc) is 2.38. The van der Waals surface area contributed by atoms with Crippen LogP contribution in [0.2, 0.25) is 5.02 Å². The minimum atomic E-state index is -4.38. The Labute approximate surface area is 122 Å². The van der Waals surface area contributed by atoms with Crippen LogP contribution in [0, 0.1) is 0 Å². The maximum Gasteiger partial charge on any atom is 0.418 e. The fourth-order valence-corrected chi connectivity index (χ4v) is 3.25. The summed E-state index contributed by atoms with van der Waals surface area (Å²) >= 11 is 5.78. The van der Waals surface area contributed by atoms with E-state index in [4.69, 9.17) is 11.6 Å². The summed E-state index contributed by atoms with van der Waals surface area (Å²) < 4.78 is 39.5. The summed E-state index contributed by atoms with van der Waals surface area (Å²) in [6.45, 7) is 4.86. The molecule has 1 saturated heterocycles. The first kappa shape index (κ1) is 15.6. The molecule has 0 radical (unpaired) electrons. The van der Waals surface area contributed by atoms with Gasteiger partial charge in [-0.1, -0.05) is 30.7 Å². The number of halogens is 4. The summed E-state index contributed by atoms with van der Waals surface area (Å²) in [7, 11) is 0. The van der Waals surface area contributed by atoms with Crippen LogP contribution < -0.4 is 0 Å². The van der Waals surface area contributed by atoms with Crippen LogP contribution in [0.1, 0.15) is 43.2 Å². The van der Waals surface area contributed by atoms with Gasteiger partial charge in [-0.05, 0) is 56.4 Å². The predicted molar refractivity (Wildman–Crippen MR) is 75.2 cm³/mol. The molecule has 1 aromatic rings. The van der Waals surface area contributed by atoms with Crippen LogP contribution in [0.25, 0.3) is 0 Å². The smallest absolute Gasteiger partial charge is 0.303 e. The highest BCUT2D eigenvalue weighted by atomic mass is 35.5. The van der Waals surface area contributed by atoms with Crippen molar-refractivity contribution in [3.8, 4) is 0 Å². The highest BCUT2D eigenvalue weighted by Crippen LogP contribution is 2.42. The Kier molecular flexibility index (Phi) is 4.97. The summed E-state index contributed by atoms with van der Waals surface area (Å²) in [6.07, 6.45) is -1.77. The second-order valence-electron chi connectivity index (χ2n) is 5.32. The Morgan fingerprint density at radius 1 is 1.25 bits per heavy atom. The van der Waals surface area contributed by atoms with Crippen molar-refractivity contribution in [1.29, 1.82) is 0 Å². The number of hydrogen-bond acceptors (Lipinski definition) is 1. The molecule has 0 spiro atoms. The third-order valence-corrected chi connectivity index (χ3v) is 4.21. The zero-order valence-electron chi connectivity index (χ0n) is 11.5. The Bertz CT molecular complexity index is 451. The van der Waals surface area contributed by atoms with Crippen molar-refractivity contribution >= 4 is 11.6 Å². The molecule has 0 bridgehead atoms. The monoisotopic (exact) mass is 305 g/mol. The minimum absolute atomic E-state index is 0.0431. The normalized spacial score (nSPS) is 18.4. The average molecular weight is 306 g/mol.